The Kier molecular flexibility index (Phi) is 3.73. The number of halogens is 3. The number of rotatable bonds is 2. The summed E-state index contributed by atoms with van der Waals surface area (Å²) in [5, 5.41) is 0.461. The Hall–Kier alpha value is -0.310. The molecule has 4 heteroatoms. The lowest BCUT2D eigenvalue weighted by Gasteiger charge is -2.36. The molecule has 88 valence electrons. The van der Waals surface area contributed by atoms with E-state index in [1.54, 1.807) is 12.1 Å². The van der Waals surface area contributed by atoms with E-state index in [9.17, 15) is 4.39 Å². The van der Waals surface area contributed by atoms with E-state index in [1.807, 2.05) is 0 Å². The molecule has 0 radical (unpaired) electrons. The molecule has 0 N–H and O–H groups in total. The minimum absolute atomic E-state index is 0.268. The van der Waals surface area contributed by atoms with Crippen LogP contribution in [0.1, 0.15) is 18.4 Å². The first-order chi connectivity index (χ1) is 7.69. The lowest BCUT2D eigenvalue weighted by molar-refractivity contribution is 0.0565. The molecule has 0 bridgehead atoms. The number of benzene rings is 1. The molecule has 0 unspecified atom stereocenters. The van der Waals surface area contributed by atoms with Gasteiger partial charge in [0.25, 0.3) is 0 Å². The van der Waals surface area contributed by atoms with Gasteiger partial charge in [0.15, 0.2) is 0 Å². The first kappa shape index (κ1) is 12.2. The second kappa shape index (κ2) is 4.91. The molecule has 0 saturated carbocycles. The smallest absolute Gasteiger partial charge is 0.128 e. The van der Waals surface area contributed by atoms with Gasteiger partial charge in [0, 0.05) is 35.1 Å². The van der Waals surface area contributed by atoms with Gasteiger partial charge in [0.1, 0.15) is 5.82 Å². The Morgan fingerprint density at radius 2 is 2.00 bits per heavy atom. The molecule has 0 amide bonds. The number of alkyl halides is 1. The molecule has 1 heterocycles. The van der Waals surface area contributed by atoms with Crippen LogP contribution >= 0.6 is 23.2 Å². The first-order valence-corrected chi connectivity index (χ1v) is 6.19. The van der Waals surface area contributed by atoms with E-state index in [4.69, 9.17) is 27.9 Å². The number of hydrogen-bond donors (Lipinski definition) is 0. The van der Waals surface area contributed by atoms with Crippen LogP contribution in [0.3, 0.4) is 0 Å². The van der Waals surface area contributed by atoms with Crippen LogP contribution < -0.4 is 0 Å². The van der Waals surface area contributed by atoms with Crippen molar-refractivity contribution in [3.8, 4) is 0 Å². The summed E-state index contributed by atoms with van der Waals surface area (Å²) >= 11 is 12.1. The van der Waals surface area contributed by atoms with Crippen LogP contribution in [0.25, 0.3) is 0 Å². The largest absolute Gasteiger partial charge is 0.381 e. The molecule has 1 saturated heterocycles. The van der Waals surface area contributed by atoms with Gasteiger partial charge in [0.2, 0.25) is 0 Å². The lowest BCUT2D eigenvalue weighted by atomic mass is 9.75. The summed E-state index contributed by atoms with van der Waals surface area (Å²) in [7, 11) is 0. The van der Waals surface area contributed by atoms with Gasteiger partial charge in [0.05, 0.1) is 0 Å². The Morgan fingerprint density at radius 1 is 1.31 bits per heavy atom. The molecule has 2 rings (SSSR count). The van der Waals surface area contributed by atoms with Crippen molar-refractivity contribution in [2.45, 2.75) is 18.3 Å². The van der Waals surface area contributed by atoms with Gasteiger partial charge < -0.3 is 4.74 Å². The molecule has 0 aliphatic carbocycles. The molecule has 0 aromatic heterocycles. The van der Waals surface area contributed by atoms with Crippen LogP contribution in [-0.4, -0.2) is 19.1 Å². The second-order valence-corrected chi connectivity index (χ2v) is 4.80. The van der Waals surface area contributed by atoms with E-state index in [-0.39, 0.29) is 11.2 Å². The Labute approximate surface area is 105 Å². The third-order valence-corrected chi connectivity index (χ3v) is 4.03. The molecule has 16 heavy (non-hydrogen) atoms. The maximum Gasteiger partial charge on any atom is 0.128 e. The Morgan fingerprint density at radius 3 is 2.56 bits per heavy atom. The highest BCUT2D eigenvalue weighted by Gasteiger charge is 2.37. The number of ether oxygens (including phenoxy) is 1. The molecule has 0 atom stereocenters. The molecule has 1 aliphatic heterocycles. The van der Waals surface area contributed by atoms with E-state index >= 15 is 0 Å². The van der Waals surface area contributed by atoms with Gasteiger partial charge in [-0.05, 0) is 25.0 Å². The van der Waals surface area contributed by atoms with Crippen molar-refractivity contribution in [1.29, 1.82) is 0 Å². The van der Waals surface area contributed by atoms with Crippen LogP contribution in [0.4, 0.5) is 4.39 Å². The number of hydrogen-bond acceptors (Lipinski definition) is 1. The first-order valence-electron chi connectivity index (χ1n) is 5.28. The van der Waals surface area contributed by atoms with Crippen LogP contribution in [0.2, 0.25) is 5.02 Å². The Balaban J connectivity index is 2.46. The van der Waals surface area contributed by atoms with Crippen LogP contribution in [0.15, 0.2) is 18.2 Å². The van der Waals surface area contributed by atoms with Crippen LogP contribution in [0.5, 0.6) is 0 Å². The molecular formula is C12H13Cl2FO. The van der Waals surface area contributed by atoms with Gasteiger partial charge in [-0.25, -0.2) is 4.39 Å². The van der Waals surface area contributed by atoms with Gasteiger partial charge >= 0.3 is 0 Å². The van der Waals surface area contributed by atoms with Gasteiger partial charge in [-0.15, -0.1) is 11.6 Å². The van der Waals surface area contributed by atoms with E-state index in [0.29, 0.717) is 29.7 Å². The highest BCUT2D eigenvalue weighted by atomic mass is 35.5. The normalized spacial score (nSPS) is 19.7. The summed E-state index contributed by atoms with van der Waals surface area (Å²) in [5.41, 5.74) is 0.178. The molecule has 1 nitrogen and oxygen atoms in total. The van der Waals surface area contributed by atoms with Gasteiger partial charge in [-0.1, -0.05) is 17.7 Å². The highest BCUT2D eigenvalue weighted by molar-refractivity contribution is 6.31. The van der Waals surface area contributed by atoms with Crippen molar-refractivity contribution in [2.24, 2.45) is 0 Å². The van der Waals surface area contributed by atoms with Crippen molar-refractivity contribution >= 4 is 23.2 Å². The maximum absolute atomic E-state index is 13.9. The standard InChI is InChI=1S/C12H13Cl2FO/c13-8-12(4-6-16-7-5-12)11-9(14)2-1-3-10(11)15/h1-3H,4-8H2. The fourth-order valence-corrected chi connectivity index (χ4v) is 2.98. The monoisotopic (exact) mass is 262 g/mol. The van der Waals surface area contributed by atoms with E-state index in [0.717, 1.165) is 12.8 Å². The summed E-state index contributed by atoms with van der Waals surface area (Å²) in [6, 6.07) is 4.76. The van der Waals surface area contributed by atoms with Crippen molar-refractivity contribution in [2.75, 3.05) is 19.1 Å². The van der Waals surface area contributed by atoms with Crippen LogP contribution in [-0.2, 0) is 10.2 Å². The van der Waals surface area contributed by atoms with Crippen LogP contribution in [0, 0.1) is 5.82 Å². The zero-order valence-electron chi connectivity index (χ0n) is 8.81. The molecule has 1 aromatic carbocycles. The zero-order valence-corrected chi connectivity index (χ0v) is 10.3. The van der Waals surface area contributed by atoms with E-state index < -0.39 is 0 Å². The third-order valence-electron chi connectivity index (χ3n) is 3.20. The highest BCUT2D eigenvalue weighted by Crippen LogP contribution is 2.40. The quantitative estimate of drug-likeness (QED) is 0.738. The average Bonchev–Trinajstić information content (AvgIpc) is 2.30. The lowest BCUT2D eigenvalue weighted by Crippen LogP contribution is -2.36. The van der Waals surface area contributed by atoms with Crippen molar-refractivity contribution in [3.63, 3.8) is 0 Å². The van der Waals surface area contributed by atoms with Crippen molar-refractivity contribution in [1.82, 2.24) is 0 Å². The van der Waals surface area contributed by atoms with Gasteiger partial charge in [-0.3, -0.25) is 0 Å². The predicted molar refractivity (Wildman–Crippen MR) is 63.9 cm³/mol. The predicted octanol–water partition coefficient (Wildman–Crippen LogP) is 3.77. The molecule has 1 aliphatic rings. The summed E-state index contributed by atoms with van der Waals surface area (Å²) in [6.45, 7) is 1.22. The SMILES string of the molecule is Fc1cccc(Cl)c1C1(CCl)CCOCC1. The molecule has 0 spiro atoms. The Bertz CT molecular complexity index is 355. The fraction of sp³-hybridized carbons (Fsp3) is 0.500. The third kappa shape index (κ3) is 2.06. The van der Waals surface area contributed by atoms with Crippen molar-refractivity contribution in [3.05, 3.63) is 34.6 Å². The minimum Gasteiger partial charge on any atom is -0.381 e. The molecular weight excluding hydrogens is 250 g/mol. The molecule has 1 aromatic rings. The molecule has 1 fully saturated rings. The summed E-state index contributed by atoms with van der Waals surface area (Å²) in [6.07, 6.45) is 1.44. The minimum atomic E-state index is -0.373. The average molecular weight is 263 g/mol. The maximum atomic E-state index is 13.9. The van der Waals surface area contributed by atoms with E-state index in [1.165, 1.54) is 6.07 Å². The summed E-state index contributed by atoms with van der Waals surface area (Å²) < 4.78 is 19.2. The summed E-state index contributed by atoms with van der Waals surface area (Å²) in [5.74, 6) is 0.104. The second-order valence-electron chi connectivity index (χ2n) is 4.12. The fourth-order valence-electron chi connectivity index (χ4n) is 2.22. The summed E-state index contributed by atoms with van der Waals surface area (Å²) in [4.78, 5) is 0. The zero-order chi connectivity index (χ0) is 11.6. The van der Waals surface area contributed by atoms with Gasteiger partial charge in [-0.2, -0.15) is 0 Å². The van der Waals surface area contributed by atoms with Crippen molar-refractivity contribution < 1.29 is 9.13 Å². The topological polar surface area (TPSA) is 9.23 Å². The van der Waals surface area contributed by atoms with E-state index in [2.05, 4.69) is 0 Å².